The van der Waals surface area contributed by atoms with E-state index in [0.29, 0.717) is 0 Å². The van der Waals surface area contributed by atoms with Gasteiger partial charge in [-0.1, -0.05) is 32.0 Å². The van der Waals surface area contributed by atoms with Crippen LogP contribution in [0.2, 0.25) is 0 Å². The maximum absolute atomic E-state index is 2.68. The highest BCUT2D eigenvalue weighted by atomic mass is 32.2. The molecule has 0 aliphatic heterocycles. The highest BCUT2D eigenvalue weighted by molar-refractivity contribution is 7.99. The Labute approximate surface area is 110 Å². The van der Waals surface area contributed by atoms with Crippen LogP contribution in [-0.4, -0.2) is 29.8 Å². The van der Waals surface area contributed by atoms with Crippen molar-refractivity contribution in [3.05, 3.63) is 30.3 Å². The first kappa shape index (κ1) is 13.0. The number of hydrogen-bond acceptors (Lipinski definition) is 2. The van der Waals surface area contributed by atoms with E-state index < -0.39 is 0 Å². The molecule has 1 saturated carbocycles. The molecule has 0 unspecified atom stereocenters. The second-order valence-electron chi connectivity index (χ2n) is 5.28. The van der Waals surface area contributed by atoms with Crippen molar-refractivity contribution < 1.29 is 0 Å². The number of nitrogens with zero attached hydrogens (tertiary/aromatic N) is 1. The molecular formula is C15H23NS. The van der Waals surface area contributed by atoms with Crippen LogP contribution in [0.4, 0.5) is 0 Å². The van der Waals surface area contributed by atoms with Crippen LogP contribution in [0.15, 0.2) is 35.2 Å². The van der Waals surface area contributed by atoms with E-state index in [9.17, 15) is 0 Å². The summed E-state index contributed by atoms with van der Waals surface area (Å²) in [4.78, 5) is 4.08. The molecule has 0 amide bonds. The summed E-state index contributed by atoms with van der Waals surface area (Å²) in [5.74, 6) is 2.00. The van der Waals surface area contributed by atoms with E-state index in [1.54, 1.807) is 0 Å². The fraction of sp³-hybridized carbons (Fsp3) is 0.600. The fourth-order valence-electron chi connectivity index (χ4n) is 2.13. The van der Waals surface area contributed by atoms with Gasteiger partial charge in [0.05, 0.1) is 0 Å². The summed E-state index contributed by atoms with van der Waals surface area (Å²) in [6, 6.07) is 11.6. The van der Waals surface area contributed by atoms with Crippen molar-refractivity contribution in [2.24, 2.45) is 5.92 Å². The average Bonchev–Trinajstić information content (AvgIpc) is 3.12. The van der Waals surface area contributed by atoms with E-state index >= 15 is 0 Å². The van der Waals surface area contributed by atoms with Gasteiger partial charge in [0, 0.05) is 29.8 Å². The van der Waals surface area contributed by atoms with Gasteiger partial charge in [0.25, 0.3) is 0 Å². The highest BCUT2D eigenvalue weighted by Gasteiger charge is 2.28. The second kappa shape index (κ2) is 6.46. The summed E-state index contributed by atoms with van der Waals surface area (Å²) in [6.45, 7) is 7.14. The van der Waals surface area contributed by atoms with Crippen LogP contribution in [0.25, 0.3) is 0 Å². The Morgan fingerprint density at radius 2 is 1.94 bits per heavy atom. The molecule has 0 saturated heterocycles. The third-order valence-electron chi connectivity index (χ3n) is 3.05. The van der Waals surface area contributed by atoms with Crippen molar-refractivity contribution in [3.8, 4) is 0 Å². The standard InChI is InChI=1S/C15H23NS/c1-13(2)12-16(14-8-9-14)10-11-17-15-6-4-3-5-7-15/h3-7,13-14H,8-12H2,1-2H3. The normalized spacial score (nSPS) is 15.8. The van der Waals surface area contributed by atoms with E-state index in [2.05, 4.69) is 49.1 Å². The summed E-state index contributed by atoms with van der Waals surface area (Å²) >= 11 is 1.98. The summed E-state index contributed by atoms with van der Waals surface area (Å²) < 4.78 is 0. The first-order chi connectivity index (χ1) is 8.25. The van der Waals surface area contributed by atoms with E-state index in [1.807, 2.05) is 11.8 Å². The molecule has 0 atom stereocenters. The van der Waals surface area contributed by atoms with Crippen molar-refractivity contribution in [2.75, 3.05) is 18.8 Å². The Hall–Kier alpha value is -0.470. The zero-order chi connectivity index (χ0) is 12.1. The van der Waals surface area contributed by atoms with E-state index in [4.69, 9.17) is 0 Å². The van der Waals surface area contributed by atoms with Crippen molar-refractivity contribution in [1.82, 2.24) is 4.90 Å². The predicted octanol–water partition coefficient (Wildman–Crippen LogP) is 3.90. The number of hydrogen-bond donors (Lipinski definition) is 0. The van der Waals surface area contributed by atoms with Gasteiger partial charge in [-0.25, -0.2) is 0 Å². The second-order valence-corrected chi connectivity index (χ2v) is 6.45. The number of benzene rings is 1. The molecule has 1 aromatic rings. The molecule has 0 radical (unpaired) electrons. The Bertz CT molecular complexity index is 319. The first-order valence-electron chi connectivity index (χ1n) is 6.67. The molecule has 1 fully saturated rings. The SMILES string of the molecule is CC(C)CN(CCSc1ccccc1)C1CC1. The van der Waals surface area contributed by atoms with Gasteiger partial charge >= 0.3 is 0 Å². The lowest BCUT2D eigenvalue weighted by Crippen LogP contribution is -2.32. The Morgan fingerprint density at radius 1 is 1.24 bits per heavy atom. The van der Waals surface area contributed by atoms with Crippen molar-refractivity contribution in [2.45, 2.75) is 37.6 Å². The topological polar surface area (TPSA) is 3.24 Å². The largest absolute Gasteiger partial charge is 0.299 e. The van der Waals surface area contributed by atoms with Crippen molar-refractivity contribution in [3.63, 3.8) is 0 Å². The molecule has 94 valence electrons. The van der Waals surface area contributed by atoms with Gasteiger partial charge in [0.1, 0.15) is 0 Å². The summed E-state index contributed by atoms with van der Waals surface area (Å²) in [7, 11) is 0. The van der Waals surface area contributed by atoms with Crippen molar-refractivity contribution in [1.29, 1.82) is 0 Å². The van der Waals surface area contributed by atoms with E-state index in [0.717, 1.165) is 12.0 Å². The number of thioether (sulfide) groups is 1. The molecular weight excluding hydrogens is 226 g/mol. The lowest BCUT2D eigenvalue weighted by molar-refractivity contribution is 0.249. The Morgan fingerprint density at radius 3 is 2.53 bits per heavy atom. The molecule has 0 bridgehead atoms. The summed E-state index contributed by atoms with van der Waals surface area (Å²) in [6.07, 6.45) is 2.84. The van der Waals surface area contributed by atoms with Gasteiger partial charge in [-0.15, -0.1) is 11.8 Å². The van der Waals surface area contributed by atoms with Gasteiger partial charge in [-0.05, 0) is 30.9 Å². The average molecular weight is 249 g/mol. The number of rotatable bonds is 7. The Balaban J connectivity index is 1.72. The molecule has 1 nitrogen and oxygen atoms in total. The maximum atomic E-state index is 2.68. The molecule has 2 rings (SSSR count). The van der Waals surface area contributed by atoms with Crippen LogP contribution < -0.4 is 0 Å². The molecule has 0 aromatic heterocycles. The van der Waals surface area contributed by atoms with E-state index in [-0.39, 0.29) is 0 Å². The highest BCUT2D eigenvalue weighted by Crippen LogP contribution is 2.28. The van der Waals surface area contributed by atoms with Crippen LogP contribution in [0.1, 0.15) is 26.7 Å². The van der Waals surface area contributed by atoms with Gasteiger partial charge in [-0.2, -0.15) is 0 Å². The molecule has 1 aliphatic rings. The minimum absolute atomic E-state index is 0.789. The summed E-state index contributed by atoms with van der Waals surface area (Å²) in [5.41, 5.74) is 0. The third-order valence-corrected chi connectivity index (χ3v) is 4.05. The molecule has 0 spiro atoms. The Kier molecular flexibility index (Phi) is 4.93. The van der Waals surface area contributed by atoms with Crippen LogP contribution in [0.5, 0.6) is 0 Å². The fourth-order valence-corrected chi connectivity index (χ4v) is 3.04. The van der Waals surface area contributed by atoms with Crippen LogP contribution in [0, 0.1) is 5.92 Å². The van der Waals surface area contributed by atoms with Gasteiger partial charge < -0.3 is 0 Å². The van der Waals surface area contributed by atoms with Crippen LogP contribution in [-0.2, 0) is 0 Å². The molecule has 1 aromatic carbocycles. The monoisotopic (exact) mass is 249 g/mol. The third kappa shape index (κ3) is 4.72. The minimum atomic E-state index is 0.789. The van der Waals surface area contributed by atoms with Crippen molar-refractivity contribution >= 4 is 11.8 Å². The smallest absolute Gasteiger partial charge is 0.0108 e. The zero-order valence-electron chi connectivity index (χ0n) is 10.9. The molecule has 2 heteroatoms. The van der Waals surface area contributed by atoms with Gasteiger partial charge in [-0.3, -0.25) is 4.90 Å². The van der Waals surface area contributed by atoms with Crippen LogP contribution in [0.3, 0.4) is 0 Å². The van der Waals surface area contributed by atoms with Gasteiger partial charge in [0.2, 0.25) is 0 Å². The molecule has 17 heavy (non-hydrogen) atoms. The first-order valence-corrected chi connectivity index (χ1v) is 7.66. The molecule has 0 N–H and O–H groups in total. The quantitative estimate of drug-likeness (QED) is 0.674. The van der Waals surface area contributed by atoms with Gasteiger partial charge in [0.15, 0.2) is 0 Å². The maximum Gasteiger partial charge on any atom is 0.0108 e. The molecule has 1 aliphatic carbocycles. The summed E-state index contributed by atoms with van der Waals surface area (Å²) in [5, 5.41) is 0. The molecule has 0 heterocycles. The van der Waals surface area contributed by atoms with E-state index in [1.165, 1.54) is 36.6 Å². The predicted molar refractivity (Wildman–Crippen MR) is 76.6 cm³/mol. The minimum Gasteiger partial charge on any atom is -0.299 e. The lowest BCUT2D eigenvalue weighted by Gasteiger charge is -2.23. The lowest BCUT2D eigenvalue weighted by atomic mass is 10.2. The van der Waals surface area contributed by atoms with Crippen LogP contribution >= 0.6 is 11.8 Å². The zero-order valence-corrected chi connectivity index (χ0v) is 11.7.